The quantitative estimate of drug-likeness (QED) is 0.485. The third-order valence-corrected chi connectivity index (χ3v) is 5.83. The number of carbonyl (C=O) groups excluding carboxylic acids is 1. The Labute approximate surface area is 191 Å². The fourth-order valence-corrected chi connectivity index (χ4v) is 4.35. The molecule has 4 heterocycles. The van der Waals surface area contributed by atoms with E-state index in [1.165, 1.54) is 0 Å². The summed E-state index contributed by atoms with van der Waals surface area (Å²) in [5.41, 5.74) is 5.18. The molecule has 0 bridgehead atoms. The van der Waals surface area contributed by atoms with E-state index in [1.54, 1.807) is 18.2 Å². The van der Waals surface area contributed by atoms with E-state index in [1.807, 2.05) is 49.4 Å². The molecule has 1 unspecified atom stereocenters. The molecular weight excluding hydrogens is 418 g/mol. The lowest BCUT2D eigenvalue weighted by Gasteiger charge is -2.28. The van der Waals surface area contributed by atoms with Crippen molar-refractivity contribution in [3.8, 4) is 17.2 Å². The molecule has 1 N–H and O–H groups in total. The highest BCUT2D eigenvalue weighted by Gasteiger charge is 2.45. The highest BCUT2D eigenvalue weighted by Crippen LogP contribution is 2.46. The number of fused-ring (bicyclic) bond motifs is 1. The van der Waals surface area contributed by atoms with Gasteiger partial charge in [-0.25, -0.2) is 4.98 Å². The maximum atomic E-state index is 13.6. The number of hydrogen-bond donors (Lipinski definition) is 1. The minimum absolute atomic E-state index is 0.146. The summed E-state index contributed by atoms with van der Waals surface area (Å²) in [6.45, 7) is 8.14. The number of rotatable bonds is 4. The van der Waals surface area contributed by atoms with Crippen LogP contribution in [0.2, 0.25) is 0 Å². The lowest BCUT2D eigenvalue weighted by molar-refractivity contribution is 0.0988. The number of benzene rings is 1. The number of methoxy groups -OCH3 is 1. The molecule has 1 aliphatic rings. The summed E-state index contributed by atoms with van der Waals surface area (Å²) in [5, 5.41) is 11.5. The first-order chi connectivity index (χ1) is 15.8. The SMILES string of the molecule is COc1ncccc1C1c2c(C(C)(C)C)n[nH]c2C(=O)N1c1ccc(-c2cc(C)no2)cc1. The number of anilines is 1. The van der Waals surface area contributed by atoms with Gasteiger partial charge in [-0.15, -0.1) is 0 Å². The van der Waals surface area contributed by atoms with Crippen LogP contribution in [-0.2, 0) is 5.41 Å². The van der Waals surface area contributed by atoms with Crippen LogP contribution in [0.4, 0.5) is 5.69 Å². The molecule has 8 heteroatoms. The minimum Gasteiger partial charge on any atom is -0.481 e. The normalized spacial score (nSPS) is 15.7. The number of aromatic amines is 1. The molecule has 0 fully saturated rings. The number of aromatic nitrogens is 4. The molecule has 1 aromatic carbocycles. The number of ether oxygens (including phenoxy) is 1. The van der Waals surface area contributed by atoms with Crippen molar-refractivity contribution in [1.29, 1.82) is 0 Å². The first-order valence-corrected chi connectivity index (χ1v) is 10.7. The predicted octanol–water partition coefficient (Wildman–Crippen LogP) is 4.82. The van der Waals surface area contributed by atoms with E-state index in [2.05, 4.69) is 41.1 Å². The van der Waals surface area contributed by atoms with Crippen molar-refractivity contribution in [3.05, 3.63) is 76.9 Å². The number of amides is 1. The van der Waals surface area contributed by atoms with Crippen LogP contribution >= 0.6 is 0 Å². The van der Waals surface area contributed by atoms with E-state index in [9.17, 15) is 4.79 Å². The Morgan fingerprint density at radius 2 is 1.91 bits per heavy atom. The van der Waals surface area contributed by atoms with E-state index in [-0.39, 0.29) is 11.3 Å². The molecule has 1 amide bonds. The van der Waals surface area contributed by atoms with Crippen molar-refractivity contribution in [1.82, 2.24) is 20.3 Å². The number of aryl methyl sites for hydroxylation is 1. The lowest BCUT2D eigenvalue weighted by Crippen LogP contribution is -2.30. The van der Waals surface area contributed by atoms with Gasteiger partial charge in [0.05, 0.1) is 24.5 Å². The van der Waals surface area contributed by atoms with Crippen molar-refractivity contribution >= 4 is 11.6 Å². The van der Waals surface area contributed by atoms with E-state index >= 15 is 0 Å². The average molecular weight is 444 g/mol. The summed E-state index contributed by atoms with van der Waals surface area (Å²) in [5.74, 6) is 1.01. The van der Waals surface area contributed by atoms with Crippen molar-refractivity contribution in [2.75, 3.05) is 12.0 Å². The summed E-state index contributed by atoms with van der Waals surface area (Å²) in [6, 6.07) is 12.9. The van der Waals surface area contributed by atoms with Gasteiger partial charge in [0, 0.05) is 40.1 Å². The average Bonchev–Trinajstić information content (AvgIpc) is 3.49. The molecular formula is C25H25N5O3. The Morgan fingerprint density at radius 1 is 1.15 bits per heavy atom. The molecule has 4 aromatic rings. The van der Waals surface area contributed by atoms with Gasteiger partial charge in [-0.3, -0.25) is 14.8 Å². The van der Waals surface area contributed by atoms with Gasteiger partial charge in [0.15, 0.2) is 5.76 Å². The highest BCUT2D eigenvalue weighted by atomic mass is 16.5. The number of pyridine rings is 1. The predicted molar refractivity (Wildman–Crippen MR) is 123 cm³/mol. The summed E-state index contributed by atoms with van der Waals surface area (Å²) in [7, 11) is 1.59. The molecule has 1 aliphatic heterocycles. The zero-order chi connectivity index (χ0) is 23.3. The van der Waals surface area contributed by atoms with Crippen LogP contribution in [0.1, 0.15) is 59.8 Å². The Hall–Kier alpha value is -3.94. The molecule has 3 aromatic heterocycles. The van der Waals surface area contributed by atoms with E-state index in [0.29, 0.717) is 17.3 Å². The lowest BCUT2D eigenvalue weighted by atomic mass is 9.85. The number of H-pyrrole nitrogens is 1. The Morgan fingerprint density at radius 3 is 2.55 bits per heavy atom. The van der Waals surface area contributed by atoms with Crippen LogP contribution in [-0.4, -0.2) is 33.4 Å². The van der Waals surface area contributed by atoms with Crippen LogP contribution in [0.25, 0.3) is 11.3 Å². The van der Waals surface area contributed by atoms with Gasteiger partial charge < -0.3 is 9.26 Å². The van der Waals surface area contributed by atoms with Crippen LogP contribution in [0, 0.1) is 6.92 Å². The second-order valence-electron chi connectivity index (χ2n) is 9.17. The standard InChI is InChI=1S/C25H25N5O3/c1-14-13-18(33-29-14)15-8-10-16(11-9-15)30-21(17-7-6-12-26-23(17)32-5)19-20(24(30)31)27-28-22(19)25(2,3)4/h6-13,21H,1-5H3,(H,27,28). The van der Waals surface area contributed by atoms with Gasteiger partial charge in [0.25, 0.3) is 5.91 Å². The molecule has 0 radical (unpaired) electrons. The summed E-state index contributed by atoms with van der Waals surface area (Å²) >= 11 is 0. The van der Waals surface area contributed by atoms with Gasteiger partial charge in [-0.05, 0) is 43.3 Å². The Bertz CT molecular complexity index is 1330. The maximum Gasteiger partial charge on any atom is 0.277 e. The molecule has 0 saturated carbocycles. The molecule has 5 rings (SSSR count). The van der Waals surface area contributed by atoms with Gasteiger partial charge in [0.2, 0.25) is 5.88 Å². The molecule has 168 valence electrons. The van der Waals surface area contributed by atoms with Gasteiger partial charge in [-0.2, -0.15) is 5.10 Å². The first-order valence-electron chi connectivity index (χ1n) is 10.7. The van der Waals surface area contributed by atoms with Gasteiger partial charge >= 0.3 is 0 Å². The molecule has 33 heavy (non-hydrogen) atoms. The third-order valence-electron chi connectivity index (χ3n) is 5.83. The van der Waals surface area contributed by atoms with Crippen LogP contribution in [0.3, 0.4) is 0 Å². The van der Waals surface area contributed by atoms with Crippen LogP contribution in [0.15, 0.2) is 53.2 Å². The highest BCUT2D eigenvalue weighted by molar-refractivity contribution is 6.11. The van der Waals surface area contributed by atoms with E-state index in [4.69, 9.17) is 9.26 Å². The largest absolute Gasteiger partial charge is 0.481 e. The van der Waals surface area contributed by atoms with Crippen LogP contribution < -0.4 is 9.64 Å². The zero-order valence-electron chi connectivity index (χ0n) is 19.2. The number of hydrogen-bond acceptors (Lipinski definition) is 6. The van der Waals surface area contributed by atoms with Crippen molar-refractivity contribution in [2.45, 2.75) is 39.2 Å². The topological polar surface area (TPSA) is 97.1 Å². The summed E-state index contributed by atoms with van der Waals surface area (Å²) < 4.78 is 11.0. The van der Waals surface area contributed by atoms with Crippen LogP contribution in [0.5, 0.6) is 5.88 Å². The fraction of sp³-hybridized carbons (Fsp3) is 0.280. The monoisotopic (exact) mass is 443 g/mol. The Kier molecular flexibility index (Phi) is 4.81. The smallest absolute Gasteiger partial charge is 0.277 e. The summed E-state index contributed by atoms with van der Waals surface area (Å²) in [4.78, 5) is 19.8. The second kappa shape index (κ2) is 7.58. The number of carbonyl (C=O) groups is 1. The van der Waals surface area contributed by atoms with E-state index < -0.39 is 6.04 Å². The van der Waals surface area contributed by atoms with Gasteiger partial charge in [-0.1, -0.05) is 25.9 Å². The van der Waals surface area contributed by atoms with E-state index in [0.717, 1.165) is 33.8 Å². The maximum absolute atomic E-state index is 13.6. The Balaban J connectivity index is 1.66. The molecule has 0 spiro atoms. The first kappa shape index (κ1) is 20.9. The molecule has 1 atom stereocenters. The third kappa shape index (κ3) is 3.38. The second-order valence-corrected chi connectivity index (χ2v) is 9.17. The zero-order valence-corrected chi connectivity index (χ0v) is 19.2. The van der Waals surface area contributed by atoms with Crippen molar-refractivity contribution in [2.24, 2.45) is 0 Å². The minimum atomic E-state index is -0.428. The number of nitrogens with zero attached hydrogens (tertiary/aromatic N) is 4. The number of nitrogens with one attached hydrogen (secondary N) is 1. The van der Waals surface area contributed by atoms with Crippen molar-refractivity contribution < 1.29 is 14.1 Å². The molecule has 0 saturated heterocycles. The molecule has 8 nitrogen and oxygen atoms in total. The van der Waals surface area contributed by atoms with Crippen molar-refractivity contribution in [3.63, 3.8) is 0 Å². The fourth-order valence-electron chi connectivity index (χ4n) is 4.35. The summed E-state index contributed by atoms with van der Waals surface area (Å²) in [6.07, 6.45) is 1.68. The van der Waals surface area contributed by atoms with Gasteiger partial charge in [0.1, 0.15) is 5.69 Å². The molecule has 0 aliphatic carbocycles.